The van der Waals surface area contributed by atoms with Gasteiger partial charge in [-0.15, -0.1) is 0 Å². The summed E-state index contributed by atoms with van der Waals surface area (Å²) >= 11 is 0. The highest BCUT2D eigenvalue weighted by Gasteiger charge is 2.41. The van der Waals surface area contributed by atoms with Gasteiger partial charge in [-0.1, -0.05) is 20.8 Å². The predicted octanol–water partition coefficient (Wildman–Crippen LogP) is 1.77. The molecule has 1 spiro atoms. The minimum Gasteiger partial charge on any atom is -0.449 e. The lowest BCUT2D eigenvalue weighted by Gasteiger charge is -2.37. The van der Waals surface area contributed by atoms with Crippen LogP contribution < -0.4 is 5.32 Å². The average molecular weight is 268 g/mol. The Balaban J connectivity index is 1.80. The number of carbonyl (C=O) groups excluding carboxylic acids is 2. The molecule has 2 amide bonds. The molecule has 0 unspecified atom stereocenters. The van der Waals surface area contributed by atoms with Crippen molar-refractivity contribution in [3.05, 3.63) is 0 Å². The van der Waals surface area contributed by atoms with Crippen molar-refractivity contribution in [2.75, 3.05) is 26.2 Å². The Bertz CT molecular complexity index is 365. The van der Waals surface area contributed by atoms with E-state index < -0.39 is 0 Å². The molecule has 2 rings (SSSR count). The van der Waals surface area contributed by atoms with E-state index in [9.17, 15) is 9.59 Å². The third-order valence-corrected chi connectivity index (χ3v) is 3.91. The smallest absolute Gasteiger partial charge is 0.409 e. The number of carbonyl (C=O) groups is 2. The van der Waals surface area contributed by atoms with Crippen LogP contribution >= 0.6 is 0 Å². The molecule has 108 valence electrons. The average Bonchev–Trinajstić information content (AvgIpc) is 2.68. The second kappa shape index (κ2) is 5.02. The summed E-state index contributed by atoms with van der Waals surface area (Å²) in [4.78, 5) is 25.0. The third kappa shape index (κ3) is 3.61. The highest BCUT2D eigenvalue weighted by molar-refractivity contribution is 5.79. The number of ether oxygens (including phenoxy) is 1. The first-order valence-corrected chi connectivity index (χ1v) is 6.98. The Kier molecular flexibility index (Phi) is 3.74. The normalized spacial score (nSPS) is 22.5. The van der Waals surface area contributed by atoms with E-state index in [1.165, 1.54) is 0 Å². The summed E-state index contributed by atoms with van der Waals surface area (Å²) < 4.78 is 5.32. The van der Waals surface area contributed by atoms with Gasteiger partial charge in [0.1, 0.15) is 0 Å². The van der Waals surface area contributed by atoms with Gasteiger partial charge in [0.25, 0.3) is 0 Å². The number of rotatable bonds is 1. The van der Waals surface area contributed by atoms with E-state index in [1.54, 1.807) is 4.90 Å². The van der Waals surface area contributed by atoms with Gasteiger partial charge in [0.15, 0.2) is 0 Å². The number of hydrogen-bond donors (Lipinski definition) is 1. The predicted molar refractivity (Wildman–Crippen MR) is 71.7 cm³/mol. The van der Waals surface area contributed by atoms with E-state index in [2.05, 4.69) is 5.32 Å². The first-order valence-electron chi connectivity index (χ1n) is 6.98. The summed E-state index contributed by atoms with van der Waals surface area (Å²) in [6, 6.07) is 0. The van der Waals surface area contributed by atoms with E-state index in [1.807, 2.05) is 20.8 Å². The van der Waals surface area contributed by atoms with Crippen LogP contribution in [-0.4, -0.2) is 43.1 Å². The maximum absolute atomic E-state index is 11.9. The Morgan fingerprint density at radius 1 is 1.37 bits per heavy atom. The highest BCUT2D eigenvalue weighted by atomic mass is 16.6. The number of hydrogen-bond acceptors (Lipinski definition) is 3. The molecule has 2 heterocycles. The molecular weight excluding hydrogens is 244 g/mol. The summed E-state index contributed by atoms with van der Waals surface area (Å²) in [5.41, 5.74) is 0.0757. The summed E-state index contributed by atoms with van der Waals surface area (Å²) in [6.07, 6.45) is 2.16. The zero-order valence-corrected chi connectivity index (χ0v) is 12.1. The largest absolute Gasteiger partial charge is 0.449 e. The van der Waals surface area contributed by atoms with Gasteiger partial charge in [-0.05, 0) is 23.7 Å². The molecule has 0 radical (unpaired) electrons. The molecule has 0 atom stereocenters. The van der Waals surface area contributed by atoms with Crippen LogP contribution in [-0.2, 0) is 9.53 Å². The van der Waals surface area contributed by atoms with Gasteiger partial charge in [0.05, 0.1) is 6.61 Å². The molecule has 5 heteroatoms. The number of piperidine rings is 1. The molecule has 2 aliphatic heterocycles. The molecule has 0 aromatic carbocycles. The Morgan fingerprint density at radius 3 is 2.47 bits per heavy atom. The van der Waals surface area contributed by atoms with Gasteiger partial charge in [-0.2, -0.15) is 0 Å². The monoisotopic (exact) mass is 268 g/mol. The van der Waals surface area contributed by atoms with Gasteiger partial charge in [-0.3, -0.25) is 4.79 Å². The molecule has 0 aromatic rings. The summed E-state index contributed by atoms with van der Waals surface area (Å²) in [6.45, 7) is 8.71. The van der Waals surface area contributed by atoms with Crippen molar-refractivity contribution in [1.82, 2.24) is 10.2 Å². The summed E-state index contributed by atoms with van der Waals surface area (Å²) in [5.74, 6) is 0.142. The van der Waals surface area contributed by atoms with Crippen molar-refractivity contribution in [2.24, 2.45) is 10.8 Å². The number of likely N-dealkylation sites (tertiary alicyclic amines) is 1. The summed E-state index contributed by atoms with van der Waals surface area (Å²) in [5, 5.41) is 2.90. The topological polar surface area (TPSA) is 58.6 Å². The van der Waals surface area contributed by atoms with E-state index in [4.69, 9.17) is 4.74 Å². The van der Waals surface area contributed by atoms with Crippen molar-refractivity contribution in [3.63, 3.8) is 0 Å². The maximum atomic E-state index is 11.9. The van der Waals surface area contributed by atoms with Gasteiger partial charge >= 0.3 is 6.09 Å². The molecule has 0 aliphatic carbocycles. The van der Waals surface area contributed by atoms with Crippen molar-refractivity contribution in [3.8, 4) is 0 Å². The first-order chi connectivity index (χ1) is 8.80. The zero-order valence-electron chi connectivity index (χ0n) is 12.1. The molecular formula is C14H24N2O3. The molecule has 5 nitrogen and oxygen atoms in total. The lowest BCUT2D eigenvalue weighted by Crippen LogP contribution is -2.44. The van der Waals surface area contributed by atoms with Crippen LogP contribution in [0, 0.1) is 10.8 Å². The second-order valence-electron chi connectivity index (χ2n) is 7.06. The quantitative estimate of drug-likeness (QED) is 0.788. The van der Waals surface area contributed by atoms with E-state index in [-0.39, 0.29) is 22.8 Å². The molecule has 2 aliphatic rings. The summed E-state index contributed by atoms with van der Waals surface area (Å²) in [7, 11) is 0. The molecule has 19 heavy (non-hydrogen) atoms. The standard InChI is InChI=1S/C14H24N2O3/c1-13(2,3)10-19-12(18)16-6-4-14(5-7-16)8-11(17)15-9-14/h4-10H2,1-3H3,(H,15,17). The SMILES string of the molecule is CC(C)(C)COC(=O)N1CCC2(CC1)CNC(=O)C2. The van der Waals surface area contributed by atoms with Crippen LogP contribution in [0.5, 0.6) is 0 Å². The number of nitrogens with zero attached hydrogens (tertiary/aromatic N) is 1. The van der Waals surface area contributed by atoms with Crippen molar-refractivity contribution in [2.45, 2.75) is 40.0 Å². The Labute approximate surface area is 114 Å². The molecule has 2 fully saturated rings. The van der Waals surface area contributed by atoms with E-state index >= 15 is 0 Å². The molecule has 0 bridgehead atoms. The van der Waals surface area contributed by atoms with Crippen molar-refractivity contribution < 1.29 is 14.3 Å². The van der Waals surface area contributed by atoms with Crippen molar-refractivity contribution >= 4 is 12.0 Å². The molecule has 0 aromatic heterocycles. The maximum Gasteiger partial charge on any atom is 0.409 e. The molecule has 0 saturated carbocycles. The Morgan fingerprint density at radius 2 is 2.00 bits per heavy atom. The van der Waals surface area contributed by atoms with Crippen LogP contribution in [0.25, 0.3) is 0 Å². The van der Waals surface area contributed by atoms with Crippen molar-refractivity contribution in [1.29, 1.82) is 0 Å². The van der Waals surface area contributed by atoms with E-state index in [0.29, 0.717) is 26.1 Å². The van der Waals surface area contributed by atoms with Crippen LogP contribution in [0.4, 0.5) is 4.79 Å². The fraction of sp³-hybridized carbons (Fsp3) is 0.857. The lowest BCUT2D eigenvalue weighted by atomic mass is 9.78. The highest BCUT2D eigenvalue weighted by Crippen LogP contribution is 2.37. The molecule has 1 N–H and O–H groups in total. The van der Waals surface area contributed by atoms with Gasteiger partial charge in [-0.25, -0.2) is 4.79 Å². The van der Waals surface area contributed by atoms with Gasteiger partial charge in [0, 0.05) is 26.1 Å². The fourth-order valence-corrected chi connectivity index (χ4v) is 2.64. The van der Waals surface area contributed by atoms with Gasteiger partial charge in [0.2, 0.25) is 5.91 Å². The van der Waals surface area contributed by atoms with Crippen LogP contribution in [0.15, 0.2) is 0 Å². The van der Waals surface area contributed by atoms with Crippen LogP contribution in [0.2, 0.25) is 0 Å². The number of amides is 2. The number of nitrogens with one attached hydrogen (secondary N) is 1. The minimum atomic E-state index is -0.220. The Hall–Kier alpha value is -1.26. The van der Waals surface area contributed by atoms with E-state index in [0.717, 1.165) is 19.4 Å². The molecule has 2 saturated heterocycles. The van der Waals surface area contributed by atoms with Gasteiger partial charge < -0.3 is 15.0 Å². The first kappa shape index (κ1) is 14.2. The second-order valence-corrected chi connectivity index (χ2v) is 7.06. The third-order valence-electron chi connectivity index (χ3n) is 3.91. The zero-order chi connectivity index (χ0) is 14.1. The van der Waals surface area contributed by atoms with Crippen LogP contribution in [0.1, 0.15) is 40.0 Å². The van der Waals surface area contributed by atoms with Crippen LogP contribution in [0.3, 0.4) is 0 Å². The lowest BCUT2D eigenvalue weighted by molar-refractivity contribution is -0.119. The minimum absolute atomic E-state index is 0.00549. The fourth-order valence-electron chi connectivity index (χ4n) is 2.64.